The van der Waals surface area contributed by atoms with Crippen LogP contribution in [0.3, 0.4) is 0 Å². The molecule has 0 saturated heterocycles. The predicted octanol–water partition coefficient (Wildman–Crippen LogP) is 2.71. The number of benzene rings is 1. The Hall–Kier alpha value is -0.820. The van der Waals surface area contributed by atoms with E-state index in [1.54, 1.807) is 0 Å². The summed E-state index contributed by atoms with van der Waals surface area (Å²) >= 11 is 0. The minimum atomic E-state index is 0.0988. The molecular formula is C12H17O. The minimum absolute atomic E-state index is 0.0988. The molecule has 0 aliphatic heterocycles. The van der Waals surface area contributed by atoms with Gasteiger partial charge in [0.25, 0.3) is 0 Å². The smallest absolute Gasteiger partial charge is 0.0687 e. The molecule has 0 heterocycles. The monoisotopic (exact) mass is 177 g/mol. The van der Waals surface area contributed by atoms with Crippen molar-refractivity contribution in [2.75, 3.05) is 0 Å². The Bertz CT molecular complexity index is 243. The summed E-state index contributed by atoms with van der Waals surface area (Å²) < 4.78 is 0. The van der Waals surface area contributed by atoms with Gasteiger partial charge in [-0.05, 0) is 30.0 Å². The van der Waals surface area contributed by atoms with Crippen LogP contribution in [0.1, 0.15) is 37.3 Å². The topological polar surface area (TPSA) is 20.2 Å². The first kappa shape index (κ1) is 10.3. The molecule has 0 aliphatic rings. The number of hydrogen-bond acceptors (Lipinski definition) is 1. The van der Waals surface area contributed by atoms with Gasteiger partial charge in [0.2, 0.25) is 0 Å². The van der Waals surface area contributed by atoms with Gasteiger partial charge in [0.05, 0.1) is 6.61 Å². The van der Waals surface area contributed by atoms with Gasteiger partial charge in [-0.15, -0.1) is 0 Å². The molecule has 13 heavy (non-hydrogen) atoms. The van der Waals surface area contributed by atoms with Crippen LogP contribution in [0.25, 0.3) is 0 Å². The van der Waals surface area contributed by atoms with Crippen molar-refractivity contribution >= 4 is 0 Å². The Morgan fingerprint density at radius 2 is 2.23 bits per heavy atom. The van der Waals surface area contributed by atoms with E-state index < -0.39 is 0 Å². The number of rotatable bonds is 5. The molecule has 1 heteroatoms. The third-order valence-corrected chi connectivity index (χ3v) is 2.17. The molecule has 71 valence electrons. The summed E-state index contributed by atoms with van der Waals surface area (Å²) in [4.78, 5) is 0. The molecule has 1 aromatic rings. The highest BCUT2D eigenvalue weighted by Gasteiger charge is 1.95. The maximum atomic E-state index is 8.90. The van der Waals surface area contributed by atoms with Gasteiger partial charge in [-0.25, -0.2) is 0 Å². The van der Waals surface area contributed by atoms with Crippen molar-refractivity contribution in [2.45, 2.75) is 39.2 Å². The molecule has 1 nitrogen and oxygen atoms in total. The summed E-state index contributed by atoms with van der Waals surface area (Å²) in [5.41, 5.74) is 2.21. The van der Waals surface area contributed by atoms with Crippen molar-refractivity contribution in [3.8, 4) is 0 Å². The standard InChI is InChI=1S/C12H17O/c1-2-3-4-6-11-7-5-8-12(9-11)10-13/h5,7,9,13H,2-4,6,10H2,1H3. The zero-order chi connectivity index (χ0) is 9.52. The lowest BCUT2D eigenvalue weighted by atomic mass is 10.1. The molecule has 0 spiro atoms. The average Bonchev–Trinajstić information content (AvgIpc) is 2.19. The predicted molar refractivity (Wildman–Crippen MR) is 54.4 cm³/mol. The fourth-order valence-corrected chi connectivity index (χ4v) is 1.40. The van der Waals surface area contributed by atoms with Crippen LogP contribution in [0.15, 0.2) is 18.2 Å². The second-order valence-electron chi connectivity index (χ2n) is 3.34. The van der Waals surface area contributed by atoms with Crippen LogP contribution in [0, 0.1) is 6.07 Å². The van der Waals surface area contributed by atoms with Gasteiger partial charge in [-0.2, -0.15) is 0 Å². The number of unbranched alkanes of at least 4 members (excludes halogenated alkanes) is 2. The fourth-order valence-electron chi connectivity index (χ4n) is 1.40. The van der Waals surface area contributed by atoms with Gasteiger partial charge in [0, 0.05) is 0 Å². The summed E-state index contributed by atoms with van der Waals surface area (Å²) in [6.45, 7) is 2.31. The number of aryl methyl sites for hydroxylation is 1. The van der Waals surface area contributed by atoms with Gasteiger partial charge in [-0.1, -0.05) is 38.0 Å². The summed E-state index contributed by atoms with van der Waals surface area (Å²) in [5.74, 6) is 0. The van der Waals surface area contributed by atoms with Gasteiger partial charge >= 0.3 is 0 Å². The van der Waals surface area contributed by atoms with Crippen molar-refractivity contribution in [1.82, 2.24) is 0 Å². The summed E-state index contributed by atoms with van der Waals surface area (Å²) in [5, 5.41) is 8.90. The van der Waals surface area contributed by atoms with E-state index in [2.05, 4.69) is 19.1 Å². The SMILES string of the molecule is CCCCCc1cc[c]c(CO)c1. The molecule has 0 bridgehead atoms. The Labute approximate surface area is 80.4 Å². The normalized spacial score (nSPS) is 10.3. The first-order valence-corrected chi connectivity index (χ1v) is 4.97. The van der Waals surface area contributed by atoms with E-state index in [1.165, 1.54) is 24.8 Å². The maximum absolute atomic E-state index is 8.90. The van der Waals surface area contributed by atoms with Crippen LogP contribution in [0.5, 0.6) is 0 Å². The van der Waals surface area contributed by atoms with E-state index in [0.717, 1.165) is 12.0 Å². The second-order valence-corrected chi connectivity index (χ2v) is 3.34. The van der Waals surface area contributed by atoms with E-state index in [0.29, 0.717) is 0 Å². The van der Waals surface area contributed by atoms with Crippen molar-refractivity contribution in [2.24, 2.45) is 0 Å². The van der Waals surface area contributed by atoms with E-state index >= 15 is 0 Å². The first-order valence-electron chi connectivity index (χ1n) is 4.97. The van der Waals surface area contributed by atoms with Gasteiger partial charge < -0.3 is 5.11 Å². The third kappa shape index (κ3) is 3.60. The highest BCUT2D eigenvalue weighted by Crippen LogP contribution is 2.08. The molecule has 0 aliphatic carbocycles. The number of hydrogen-bond donors (Lipinski definition) is 1. The van der Waals surface area contributed by atoms with Crippen molar-refractivity contribution < 1.29 is 5.11 Å². The van der Waals surface area contributed by atoms with Crippen LogP contribution in [0.4, 0.5) is 0 Å². The molecule has 0 fully saturated rings. The van der Waals surface area contributed by atoms with Gasteiger partial charge in [-0.3, -0.25) is 0 Å². The van der Waals surface area contributed by atoms with Gasteiger partial charge in [0.1, 0.15) is 0 Å². The molecular weight excluding hydrogens is 160 g/mol. The molecule has 0 saturated carbocycles. The lowest BCUT2D eigenvalue weighted by Gasteiger charge is -2.02. The minimum Gasteiger partial charge on any atom is -0.392 e. The fraction of sp³-hybridized carbons (Fsp3) is 0.500. The zero-order valence-corrected chi connectivity index (χ0v) is 8.21. The molecule has 0 atom stereocenters. The Balaban J connectivity index is 2.46. The van der Waals surface area contributed by atoms with E-state index in [1.807, 2.05) is 12.1 Å². The second kappa shape index (κ2) is 5.76. The quantitative estimate of drug-likeness (QED) is 0.686. The largest absolute Gasteiger partial charge is 0.392 e. The molecule has 1 aromatic carbocycles. The summed E-state index contributed by atoms with van der Waals surface area (Å²) in [6.07, 6.45) is 4.90. The van der Waals surface area contributed by atoms with Crippen LogP contribution >= 0.6 is 0 Å². The number of aliphatic hydroxyl groups excluding tert-OH is 1. The van der Waals surface area contributed by atoms with E-state index in [-0.39, 0.29) is 6.61 Å². The van der Waals surface area contributed by atoms with E-state index in [4.69, 9.17) is 5.11 Å². The average molecular weight is 177 g/mol. The molecule has 0 aromatic heterocycles. The third-order valence-electron chi connectivity index (χ3n) is 2.17. The maximum Gasteiger partial charge on any atom is 0.0687 e. The molecule has 1 rings (SSSR count). The lowest BCUT2D eigenvalue weighted by molar-refractivity contribution is 0.281. The van der Waals surface area contributed by atoms with E-state index in [9.17, 15) is 0 Å². The number of aliphatic hydroxyl groups is 1. The molecule has 0 unspecified atom stereocenters. The highest BCUT2D eigenvalue weighted by atomic mass is 16.3. The van der Waals surface area contributed by atoms with Gasteiger partial charge in [0.15, 0.2) is 0 Å². The Morgan fingerprint density at radius 1 is 1.38 bits per heavy atom. The van der Waals surface area contributed by atoms with Crippen molar-refractivity contribution in [3.63, 3.8) is 0 Å². The van der Waals surface area contributed by atoms with Crippen LogP contribution in [0.2, 0.25) is 0 Å². The van der Waals surface area contributed by atoms with Crippen molar-refractivity contribution in [3.05, 3.63) is 35.4 Å². The molecule has 1 N–H and O–H groups in total. The van der Waals surface area contributed by atoms with Crippen LogP contribution in [-0.2, 0) is 13.0 Å². The highest BCUT2D eigenvalue weighted by molar-refractivity contribution is 5.21. The zero-order valence-electron chi connectivity index (χ0n) is 8.21. The first-order chi connectivity index (χ1) is 6.36. The molecule has 1 radical (unpaired) electrons. The summed E-state index contributed by atoms with van der Waals surface area (Å²) in [6, 6.07) is 9.01. The van der Waals surface area contributed by atoms with Crippen LogP contribution < -0.4 is 0 Å². The van der Waals surface area contributed by atoms with Crippen molar-refractivity contribution in [1.29, 1.82) is 0 Å². The lowest BCUT2D eigenvalue weighted by Crippen LogP contribution is -1.89. The molecule has 0 amide bonds. The van der Waals surface area contributed by atoms with Crippen LogP contribution in [-0.4, -0.2) is 5.11 Å². The Morgan fingerprint density at radius 3 is 2.92 bits per heavy atom. The summed E-state index contributed by atoms with van der Waals surface area (Å²) in [7, 11) is 0. The Kier molecular flexibility index (Phi) is 4.55.